The summed E-state index contributed by atoms with van der Waals surface area (Å²) in [6.07, 6.45) is 0.659. The molecular formula is C17H22N2O. The van der Waals surface area contributed by atoms with Gasteiger partial charge in [-0.05, 0) is 42.3 Å². The Balaban J connectivity index is 2.36. The molecule has 2 aromatic rings. The van der Waals surface area contributed by atoms with E-state index < -0.39 is 0 Å². The van der Waals surface area contributed by atoms with Crippen LogP contribution in [0, 0.1) is 5.41 Å². The van der Waals surface area contributed by atoms with Crippen LogP contribution in [0.4, 0.5) is 0 Å². The van der Waals surface area contributed by atoms with Crippen molar-refractivity contribution >= 4 is 16.6 Å². The molecule has 0 fully saturated rings. The third-order valence-corrected chi connectivity index (χ3v) is 3.68. The molecule has 0 unspecified atom stereocenters. The molecular weight excluding hydrogens is 248 g/mol. The summed E-state index contributed by atoms with van der Waals surface area (Å²) in [6.45, 7) is 5.93. The molecule has 0 radical (unpaired) electrons. The van der Waals surface area contributed by atoms with Crippen molar-refractivity contribution in [2.24, 2.45) is 0 Å². The lowest BCUT2D eigenvalue weighted by atomic mass is 10.0. The van der Waals surface area contributed by atoms with Crippen LogP contribution in [0.25, 0.3) is 10.8 Å². The van der Waals surface area contributed by atoms with E-state index in [9.17, 15) is 0 Å². The largest absolute Gasteiger partial charge is 0.497 e. The summed E-state index contributed by atoms with van der Waals surface area (Å²) in [5.41, 5.74) is 1.18. The van der Waals surface area contributed by atoms with Gasteiger partial charge in [0.15, 0.2) is 0 Å². The molecule has 0 heterocycles. The lowest BCUT2D eigenvalue weighted by Crippen LogP contribution is -2.31. The van der Waals surface area contributed by atoms with Crippen molar-refractivity contribution < 1.29 is 4.74 Å². The Bertz CT molecular complexity index is 603. The smallest absolute Gasteiger partial charge is 0.119 e. The standard InChI is InChI=1S/C17H22N2O/c1-4-19(5-2)17(18)11-14-8-6-7-13-9-10-15(20-3)12-16(13)14/h6-10,12,18H,4-5,11H2,1-3H3. The maximum Gasteiger partial charge on any atom is 0.119 e. The first-order valence-corrected chi connectivity index (χ1v) is 7.07. The highest BCUT2D eigenvalue weighted by Gasteiger charge is 2.09. The molecule has 0 aromatic heterocycles. The van der Waals surface area contributed by atoms with Crippen LogP contribution in [0.1, 0.15) is 19.4 Å². The lowest BCUT2D eigenvalue weighted by molar-refractivity contribution is 0.415. The fourth-order valence-electron chi connectivity index (χ4n) is 2.50. The lowest BCUT2D eigenvalue weighted by Gasteiger charge is -2.22. The van der Waals surface area contributed by atoms with Gasteiger partial charge >= 0.3 is 0 Å². The van der Waals surface area contributed by atoms with Crippen LogP contribution in [-0.4, -0.2) is 30.9 Å². The number of nitrogens with zero attached hydrogens (tertiary/aromatic N) is 1. The molecule has 0 spiro atoms. The van der Waals surface area contributed by atoms with Crippen LogP contribution < -0.4 is 4.74 Å². The van der Waals surface area contributed by atoms with E-state index in [-0.39, 0.29) is 0 Å². The van der Waals surface area contributed by atoms with Gasteiger partial charge < -0.3 is 9.64 Å². The van der Waals surface area contributed by atoms with E-state index in [1.54, 1.807) is 7.11 Å². The zero-order chi connectivity index (χ0) is 14.5. The van der Waals surface area contributed by atoms with Crippen molar-refractivity contribution in [1.29, 1.82) is 5.41 Å². The number of fused-ring (bicyclic) bond motifs is 1. The number of hydrogen-bond donors (Lipinski definition) is 1. The number of amidine groups is 1. The van der Waals surface area contributed by atoms with Crippen molar-refractivity contribution in [2.45, 2.75) is 20.3 Å². The average molecular weight is 270 g/mol. The van der Waals surface area contributed by atoms with E-state index in [2.05, 4.69) is 49.1 Å². The highest BCUT2D eigenvalue weighted by atomic mass is 16.5. The van der Waals surface area contributed by atoms with Gasteiger partial charge in [-0.25, -0.2) is 0 Å². The summed E-state index contributed by atoms with van der Waals surface area (Å²) in [6, 6.07) is 12.3. The number of hydrogen-bond acceptors (Lipinski definition) is 2. The monoisotopic (exact) mass is 270 g/mol. The number of rotatable bonds is 5. The van der Waals surface area contributed by atoms with Gasteiger partial charge in [0, 0.05) is 19.5 Å². The Labute approximate surface area is 120 Å². The quantitative estimate of drug-likeness (QED) is 0.664. The van der Waals surface area contributed by atoms with Crippen molar-refractivity contribution in [3.8, 4) is 5.75 Å². The normalized spacial score (nSPS) is 10.6. The van der Waals surface area contributed by atoms with Gasteiger partial charge in [0.25, 0.3) is 0 Å². The first-order valence-electron chi connectivity index (χ1n) is 7.07. The number of methoxy groups -OCH3 is 1. The van der Waals surface area contributed by atoms with E-state index in [0.717, 1.165) is 18.8 Å². The van der Waals surface area contributed by atoms with Gasteiger partial charge in [-0.1, -0.05) is 24.3 Å². The molecule has 1 N–H and O–H groups in total. The molecule has 0 aliphatic rings. The fraction of sp³-hybridized carbons (Fsp3) is 0.353. The van der Waals surface area contributed by atoms with Crippen molar-refractivity contribution in [1.82, 2.24) is 4.90 Å². The van der Waals surface area contributed by atoms with Crippen LogP contribution in [-0.2, 0) is 6.42 Å². The molecule has 0 aliphatic heterocycles. The summed E-state index contributed by atoms with van der Waals surface area (Å²) in [7, 11) is 1.68. The van der Waals surface area contributed by atoms with Gasteiger partial charge in [0.1, 0.15) is 11.6 Å². The summed E-state index contributed by atoms with van der Waals surface area (Å²) in [5, 5.41) is 10.6. The first-order chi connectivity index (χ1) is 9.69. The Morgan fingerprint density at radius 1 is 1.15 bits per heavy atom. The number of likely N-dealkylation sites (N-methyl/N-ethyl adjacent to an activating group) is 1. The first kappa shape index (κ1) is 14.4. The van der Waals surface area contributed by atoms with E-state index >= 15 is 0 Å². The summed E-state index contributed by atoms with van der Waals surface area (Å²) in [4.78, 5) is 2.08. The minimum Gasteiger partial charge on any atom is -0.497 e. The van der Waals surface area contributed by atoms with Crippen molar-refractivity contribution in [2.75, 3.05) is 20.2 Å². The van der Waals surface area contributed by atoms with E-state index in [4.69, 9.17) is 10.1 Å². The highest BCUT2D eigenvalue weighted by molar-refractivity contribution is 5.91. The fourth-order valence-corrected chi connectivity index (χ4v) is 2.50. The Morgan fingerprint density at radius 2 is 1.90 bits per heavy atom. The van der Waals surface area contributed by atoms with Gasteiger partial charge in [-0.2, -0.15) is 0 Å². The number of ether oxygens (including phenoxy) is 1. The summed E-state index contributed by atoms with van der Waals surface area (Å²) < 4.78 is 5.31. The Morgan fingerprint density at radius 3 is 2.55 bits per heavy atom. The van der Waals surface area contributed by atoms with Crippen molar-refractivity contribution in [3.05, 3.63) is 42.0 Å². The molecule has 0 saturated heterocycles. The molecule has 0 amide bonds. The van der Waals surface area contributed by atoms with E-state index in [0.29, 0.717) is 12.3 Å². The molecule has 0 atom stereocenters. The van der Waals surface area contributed by atoms with Crippen LogP contribution in [0.2, 0.25) is 0 Å². The topological polar surface area (TPSA) is 36.3 Å². The van der Waals surface area contributed by atoms with Crippen LogP contribution in [0.5, 0.6) is 5.75 Å². The molecule has 0 aliphatic carbocycles. The van der Waals surface area contributed by atoms with Crippen LogP contribution in [0.3, 0.4) is 0 Å². The van der Waals surface area contributed by atoms with E-state index in [1.165, 1.54) is 16.3 Å². The SMILES string of the molecule is CCN(CC)C(=N)Cc1cccc2ccc(OC)cc12. The minimum absolute atomic E-state index is 0.659. The van der Waals surface area contributed by atoms with Gasteiger partial charge in [0.2, 0.25) is 0 Å². The Kier molecular flexibility index (Phi) is 4.61. The second kappa shape index (κ2) is 6.42. The molecule has 2 rings (SSSR count). The molecule has 3 heteroatoms. The highest BCUT2D eigenvalue weighted by Crippen LogP contribution is 2.24. The number of nitrogens with one attached hydrogen (secondary N) is 1. The molecule has 20 heavy (non-hydrogen) atoms. The maximum atomic E-state index is 8.25. The zero-order valence-electron chi connectivity index (χ0n) is 12.4. The molecule has 0 saturated carbocycles. The third-order valence-electron chi connectivity index (χ3n) is 3.68. The van der Waals surface area contributed by atoms with Crippen molar-refractivity contribution in [3.63, 3.8) is 0 Å². The predicted molar refractivity (Wildman–Crippen MR) is 84.9 cm³/mol. The predicted octanol–water partition coefficient (Wildman–Crippen LogP) is 3.71. The van der Waals surface area contributed by atoms with E-state index in [1.807, 2.05) is 6.07 Å². The molecule has 106 valence electrons. The second-order valence-electron chi connectivity index (χ2n) is 4.80. The van der Waals surface area contributed by atoms with Crippen LogP contribution >= 0.6 is 0 Å². The maximum absolute atomic E-state index is 8.25. The summed E-state index contributed by atoms with van der Waals surface area (Å²) in [5.74, 6) is 1.53. The van der Waals surface area contributed by atoms with Gasteiger partial charge in [-0.15, -0.1) is 0 Å². The van der Waals surface area contributed by atoms with Gasteiger partial charge in [-0.3, -0.25) is 5.41 Å². The molecule has 3 nitrogen and oxygen atoms in total. The Hall–Kier alpha value is -2.03. The van der Waals surface area contributed by atoms with Gasteiger partial charge in [0.05, 0.1) is 7.11 Å². The third kappa shape index (κ3) is 2.93. The number of benzene rings is 2. The molecule has 2 aromatic carbocycles. The zero-order valence-corrected chi connectivity index (χ0v) is 12.4. The second-order valence-corrected chi connectivity index (χ2v) is 4.80. The van der Waals surface area contributed by atoms with Crippen LogP contribution in [0.15, 0.2) is 36.4 Å². The molecule has 0 bridgehead atoms. The summed E-state index contributed by atoms with van der Waals surface area (Å²) >= 11 is 0. The average Bonchev–Trinajstić information content (AvgIpc) is 2.48. The minimum atomic E-state index is 0.659.